The zero-order valence-electron chi connectivity index (χ0n) is 9.07. The first-order chi connectivity index (χ1) is 6.40. The summed E-state index contributed by atoms with van der Waals surface area (Å²) in [7, 11) is 0. The third kappa shape index (κ3) is 1.91. The van der Waals surface area contributed by atoms with Gasteiger partial charge in [0.25, 0.3) is 0 Å². The van der Waals surface area contributed by atoms with Crippen molar-refractivity contribution in [1.82, 2.24) is 0 Å². The fraction of sp³-hybridized carbons (Fsp3) is 0.900. The van der Waals surface area contributed by atoms with Gasteiger partial charge in [-0.1, -0.05) is 6.92 Å². The Labute approximate surface area is 84.2 Å². The van der Waals surface area contributed by atoms with Gasteiger partial charge in [0.1, 0.15) is 0 Å². The van der Waals surface area contributed by atoms with Crippen molar-refractivity contribution in [1.29, 1.82) is 0 Å². The van der Waals surface area contributed by atoms with Crippen LogP contribution in [0.3, 0.4) is 0 Å². The van der Waals surface area contributed by atoms with Gasteiger partial charge in [0.05, 0.1) is 18.1 Å². The predicted octanol–water partition coefficient (Wildman–Crippen LogP) is 0.302. The Morgan fingerprint density at radius 2 is 1.86 bits per heavy atom. The minimum Gasteiger partial charge on any atom is -0.550 e. The van der Waals surface area contributed by atoms with E-state index in [9.17, 15) is 9.90 Å². The van der Waals surface area contributed by atoms with Crippen molar-refractivity contribution in [3.05, 3.63) is 0 Å². The second-order valence-corrected chi connectivity index (χ2v) is 3.94. The Hall–Kier alpha value is -0.610. The fourth-order valence-corrected chi connectivity index (χ4v) is 1.87. The molecule has 82 valence electrons. The van der Waals surface area contributed by atoms with Crippen LogP contribution in [0.15, 0.2) is 0 Å². The van der Waals surface area contributed by atoms with Crippen molar-refractivity contribution in [3.63, 3.8) is 0 Å². The zero-order valence-corrected chi connectivity index (χ0v) is 9.07. The molecule has 4 nitrogen and oxygen atoms in total. The second kappa shape index (κ2) is 3.87. The number of rotatable bonds is 3. The van der Waals surface area contributed by atoms with Crippen LogP contribution in [-0.2, 0) is 14.3 Å². The molecule has 0 bridgehead atoms. The summed E-state index contributed by atoms with van der Waals surface area (Å²) in [5, 5.41) is 10.9. The maximum Gasteiger partial charge on any atom is 0.174 e. The highest BCUT2D eigenvalue weighted by atomic mass is 16.8. The molecule has 0 aromatic carbocycles. The molecule has 0 aromatic rings. The van der Waals surface area contributed by atoms with Crippen LogP contribution in [-0.4, -0.2) is 24.0 Å². The van der Waals surface area contributed by atoms with E-state index in [-0.39, 0.29) is 12.2 Å². The minimum atomic E-state index is -1.11. The molecule has 1 saturated heterocycles. The Bertz CT molecular complexity index is 216. The molecule has 0 aliphatic carbocycles. The summed E-state index contributed by atoms with van der Waals surface area (Å²) >= 11 is 0. The van der Waals surface area contributed by atoms with E-state index in [1.54, 1.807) is 13.8 Å². The Morgan fingerprint density at radius 1 is 1.43 bits per heavy atom. The first-order valence-electron chi connectivity index (χ1n) is 4.97. The van der Waals surface area contributed by atoms with Crippen LogP contribution in [0.2, 0.25) is 0 Å². The second-order valence-electron chi connectivity index (χ2n) is 3.94. The van der Waals surface area contributed by atoms with Gasteiger partial charge in [-0.2, -0.15) is 0 Å². The molecule has 14 heavy (non-hydrogen) atoms. The van der Waals surface area contributed by atoms with Crippen molar-refractivity contribution < 1.29 is 19.4 Å². The van der Waals surface area contributed by atoms with Gasteiger partial charge in [-0.3, -0.25) is 0 Å². The van der Waals surface area contributed by atoms with Crippen molar-refractivity contribution in [3.8, 4) is 0 Å². The van der Waals surface area contributed by atoms with Crippen LogP contribution >= 0.6 is 0 Å². The van der Waals surface area contributed by atoms with E-state index >= 15 is 0 Å². The summed E-state index contributed by atoms with van der Waals surface area (Å²) in [5.41, 5.74) is 0. The Kier molecular flexibility index (Phi) is 3.17. The molecule has 0 spiro atoms. The van der Waals surface area contributed by atoms with E-state index in [2.05, 4.69) is 0 Å². The van der Waals surface area contributed by atoms with Gasteiger partial charge < -0.3 is 19.4 Å². The van der Waals surface area contributed by atoms with Gasteiger partial charge in [0, 0.05) is 5.97 Å². The molecule has 0 N–H and O–H groups in total. The van der Waals surface area contributed by atoms with Crippen LogP contribution in [0.5, 0.6) is 0 Å². The molecule has 3 atom stereocenters. The highest BCUT2D eigenvalue weighted by Gasteiger charge is 2.45. The van der Waals surface area contributed by atoms with Crippen molar-refractivity contribution in [2.24, 2.45) is 5.92 Å². The molecule has 1 rings (SSSR count). The molecule has 4 heteroatoms. The fourth-order valence-electron chi connectivity index (χ4n) is 1.87. The van der Waals surface area contributed by atoms with E-state index < -0.39 is 17.7 Å². The summed E-state index contributed by atoms with van der Waals surface area (Å²) in [5.74, 6) is -2.86. The topological polar surface area (TPSA) is 58.6 Å². The normalized spacial score (nSPS) is 39.7. The first kappa shape index (κ1) is 11.5. The molecule has 0 amide bonds. The predicted molar refractivity (Wildman–Crippen MR) is 48.3 cm³/mol. The number of carboxylic acid groups (broad SMARTS) is 1. The van der Waals surface area contributed by atoms with Gasteiger partial charge in [-0.05, 0) is 27.2 Å². The van der Waals surface area contributed by atoms with Gasteiger partial charge >= 0.3 is 0 Å². The lowest BCUT2D eigenvalue weighted by molar-refractivity contribution is -0.326. The number of carbonyl (C=O) groups is 1. The number of hydrogen-bond acceptors (Lipinski definition) is 4. The van der Waals surface area contributed by atoms with Gasteiger partial charge in [-0.15, -0.1) is 0 Å². The summed E-state index contributed by atoms with van der Waals surface area (Å²) in [6.45, 7) is 7.19. The Morgan fingerprint density at radius 3 is 2.14 bits per heavy atom. The van der Waals surface area contributed by atoms with Crippen LogP contribution in [0.1, 0.15) is 34.1 Å². The molecular weight excluding hydrogens is 184 g/mol. The van der Waals surface area contributed by atoms with Crippen LogP contribution < -0.4 is 5.11 Å². The minimum absolute atomic E-state index is 0.0756. The third-order valence-electron chi connectivity index (χ3n) is 2.83. The summed E-state index contributed by atoms with van der Waals surface area (Å²) in [4.78, 5) is 10.9. The van der Waals surface area contributed by atoms with Crippen LogP contribution in [0.25, 0.3) is 0 Å². The van der Waals surface area contributed by atoms with E-state index in [0.29, 0.717) is 6.42 Å². The highest BCUT2D eigenvalue weighted by Crippen LogP contribution is 2.35. The zero-order chi connectivity index (χ0) is 10.9. The molecule has 1 aliphatic heterocycles. The van der Waals surface area contributed by atoms with Crippen LogP contribution in [0, 0.1) is 5.92 Å². The monoisotopic (exact) mass is 201 g/mol. The first-order valence-corrected chi connectivity index (χ1v) is 4.97. The molecule has 1 aliphatic rings. The van der Waals surface area contributed by atoms with E-state index in [1.165, 1.54) is 0 Å². The third-order valence-corrected chi connectivity index (χ3v) is 2.83. The van der Waals surface area contributed by atoms with Crippen molar-refractivity contribution in [2.75, 3.05) is 0 Å². The van der Waals surface area contributed by atoms with E-state index in [0.717, 1.165) is 0 Å². The standard InChI is InChI=1S/C10H18O4/c1-5-8(9(11)12)10(4)13-6(2)7(3)14-10/h6-8H,5H2,1-4H3,(H,11,12)/p-1. The summed E-state index contributed by atoms with van der Waals surface area (Å²) in [6.07, 6.45) is 0.292. The summed E-state index contributed by atoms with van der Waals surface area (Å²) < 4.78 is 11.1. The molecule has 0 radical (unpaired) electrons. The largest absolute Gasteiger partial charge is 0.550 e. The summed E-state index contributed by atoms with van der Waals surface area (Å²) in [6, 6.07) is 0. The average molecular weight is 201 g/mol. The van der Waals surface area contributed by atoms with Gasteiger partial charge in [-0.25, -0.2) is 0 Å². The average Bonchev–Trinajstić information content (AvgIpc) is 2.26. The van der Waals surface area contributed by atoms with E-state index in [1.807, 2.05) is 13.8 Å². The SMILES string of the molecule is CCC(C(=O)[O-])C1(C)OC(C)C(C)O1. The molecule has 3 unspecified atom stereocenters. The number of hydrogen-bond donors (Lipinski definition) is 0. The lowest BCUT2D eigenvalue weighted by Crippen LogP contribution is -2.47. The van der Waals surface area contributed by atoms with E-state index in [4.69, 9.17) is 9.47 Å². The lowest BCUT2D eigenvalue weighted by atomic mass is 9.97. The molecule has 0 saturated carbocycles. The highest BCUT2D eigenvalue weighted by molar-refractivity contribution is 5.68. The number of carboxylic acids is 1. The molecular formula is C10H17O4-. The van der Waals surface area contributed by atoms with Gasteiger partial charge in [0.2, 0.25) is 0 Å². The van der Waals surface area contributed by atoms with Crippen LogP contribution in [0.4, 0.5) is 0 Å². The number of carbonyl (C=O) groups excluding carboxylic acids is 1. The molecule has 1 fully saturated rings. The Balaban J connectivity index is 2.79. The quantitative estimate of drug-likeness (QED) is 0.659. The smallest absolute Gasteiger partial charge is 0.174 e. The number of ether oxygens (including phenoxy) is 2. The van der Waals surface area contributed by atoms with Gasteiger partial charge in [0.15, 0.2) is 5.79 Å². The maximum atomic E-state index is 10.9. The van der Waals surface area contributed by atoms with Crippen molar-refractivity contribution >= 4 is 5.97 Å². The van der Waals surface area contributed by atoms with Crippen molar-refractivity contribution in [2.45, 2.75) is 52.1 Å². The lowest BCUT2D eigenvalue weighted by Gasteiger charge is -2.32. The molecule has 0 aromatic heterocycles. The maximum absolute atomic E-state index is 10.9. The molecule has 1 heterocycles. The number of aliphatic carboxylic acids is 1.